The van der Waals surface area contributed by atoms with E-state index in [0.717, 1.165) is 61.1 Å². The third kappa shape index (κ3) is 7.56. The number of rotatable bonds is 12. The number of hydrogen-bond donors (Lipinski definition) is 2. The standard InChI is InChI=1S/C36H47N6O3S.2H2/c1-6-46(4,5)15-14-45-23-42-33(26-9-11-27-16-28(27)12-10-26)18-29-17-30(20-38-35(29)42)36(44)40-32-19-31(21-37-25(32)3)39-34(43)22-41-13-7-8-24(41)2;;/h9,16-21,24H,6-8,10-15,22-23H2,1-5H3,(H,39,43)(H,40,44);2*1H/t24-;;/m0../s1. The lowest BCUT2D eigenvalue weighted by atomic mass is 10.0. The second-order valence-corrected chi connectivity index (χ2v) is 17.9. The predicted molar refractivity (Wildman–Crippen MR) is 194 cm³/mol. The molecule has 1 aliphatic heterocycles. The number of allylic oxidation sites excluding steroid dienone is 4. The van der Waals surface area contributed by atoms with Crippen molar-refractivity contribution in [1.29, 1.82) is 0 Å². The highest BCUT2D eigenvalue weighted by atomic mass is 32.3. The molecular weight excluding hydrogens is 597 g/mol. The lowest BCUT2D eigenvalue weighted by Crippen LogP contribution is -2.35. The Morgan fingerprint density at radius 3 is 2.74 bits per heavy atom. The highest BCUT2D eigenvalue weighted by molar-refractivity contribution is 8.32. The fourth-order valence-corrected chi connectivity index (χ4v) is 7.08. The molecule has 3 aromatic rings. The monoisotopic (exact) mass is 647 g/mol. The topological polar surface area (TPSA) is 101 Å². The Bertz CT molecular complexity index is 1720. The Morgan fingerprint density at radius 1 is 1.11 bits per heavy atom. The van der Waals surface area contributed by atoms with Crippen molar-refractivity contribution in [2.24, 2.45) is 0 Å². The summed E-state index contributed by atoms with van der Waals surface area (Å²) < 4.78 is 8.41. The van der Waals surface area contributed by atoms with Gasteiger partial charge in [-0.3, -0.25) is 19.5 Å². The second kappa shape index (κ2) is 13.7. The van der Waals surface area contributed by atoms with E-state index in [9.17, 15) is 9.59 Å². The van der Waals surface area contributed by atoms with Crippen LogP contribution in [0.2, 0.25) is 0 Å². The van der Waals surface area contributed by atoms with Gasteiger partial charge in [-0.25, -0.2) is 15.0 Å². The first-order valence-electron chi connectivity index (χ1n) is 16.4. The lowest BCUT2D eigenvalue weighted by molar-refractivity contribution is -0.117. The molecule has 3 aromatic heterocycles. The van der Waals surface area contributed by atoms with E-state index >= 15 is 0 Å². The van der Waals surface area contributed by atoms with Crippen LogP contribution in [0.15, 0.2) is 47.8 Å². The number of nitrogens with zero attached hydrogens (tertiary/aromatic N) is 4. The van der Waals surface area contributed by atoms with Gasteiger partial charge in [-0.05, 0) is 94.5 Å². The highest BCUT2D eigenvalue weighted by Gasteiger charge is 2.26. The zero-order valence-electron chi connectivity index (χ0n) is 27.8. The molecule has 1 fully saturated rings. The molecule has 3 aliphatic rings. The number of nitrogens with one attached hydrogen (secondary N) is 2. The molecule has 0 bridgehead atoms. The summed E-state index contributed by atoms with van der Waals surface area (Å²) in [5, 5.41) is 6.85. The molecule has 4 heterocycles. The van der Waals surface area contributed by atoms with Crippen LogP contribution in [0, 0.1) is 13.3 Å². The molecule has 1 saturated heterocycles. The van der Waals surface area contributed by atoms with Crippen molar-refractivity contribution in [1.82, 2.24) is 19.4 Å². The van der Waals surface area contributed by atoms with Crippen LogP contribution in [-0.2, 0) is 16.3 Å². The summed E-state index contributed by atoms with van der Waals surface area (Å²) in [5.41, 5.74) is 8.40. The number of fused-ring (bicyclic) bond motifs is 1. The minimum Gasteiger partial charge on any atom is -0.360 e. The fourth-order valence-electron chi connectivity index (χ4n) is 6.22. The van der Waals surface area contributed by atoms with Crippen molar-refractivity contribution in [3.8, 4) is 0 Å². The molecule has 2 aliphatic carbocycles. The van der Waals surface area contributed by atoms with Gasteiger partial charge in [0.2, 0.25) is 5.91 Å². The van der Waals surface area contributed by atoms with Gasteiger partial charge in [-0.1, -0.05) is 24.1 Å². The molecule has 1 radical (unpaired) electrons. The largest absolute Gasteiger partial charge is 0.360 e. The van der Waals surface area contributed by atoms with Gasteiger partial charge >= 0.3 is 0 Å². The third-order valence-corrected chi connectivity index (χ3v) is 12.5. The van der Waals surface area contributed by atoms with E-state index in [-0.39, 0.29) is 14.7 Å². The summed E-state index contributed by atoms with van der Waals surface area (Å²) in [5.74, 6) is 1.90. The van der Waals surface area contributed by atoms with E-state index in [1.54, 1.807) is 18.5 Å². The number of aromatic nitrogens is 3. The average molecular weight is 648 g/mol. The Kier molecular flexibility index (Phi) is 9.68. The molecule has 6 rings (SSSR count). The van der Waals surface area contributed by atoms with E-state index in [1.807, 2.05) is 13.0 Å². The van der Waals surface area contributed by atoms with Crippen molar-refractivity contribution >= 4 is 49.8 Å². The summed E-state index contributed by atoms with van der Waals surface area (Å²) in [7, 11) is -0.642. The maximum Gasteiger partial charge on any atom is 0.257 e. The molecule has 2 amide bonds. The van der Waals surface area contributed by atoms with Crippen LogP contribution < -0.4 is 10.6 Å². The Labute approximate surface area is 277 Å². The first kappa shape index (κ1) is 32.5. The van der Waals surface area contributed by atoms with Crippen LogP contribution in [0.5, 0.6) is 0 Å². The summed E-state index contributed by atoms with van der Waals surface area (Å²) in [4.78, 5) is 37.6. The zero-order chi connectivity index (χ0) is 32.4. The van der Waals surface area contributed by atoms with Gasteiger partial charge < -0.3 is 19.9 Å². The molecule has 2 N–H and O–H groups in total. The highest BCUT2D eigenvalue weighted by Crippen LogP contribution is 2.42. The summed E-state index contributed by atoms with van der Waals surface area (Å²) >= 11 is 0. The fraction of sp³-hybridized carbons (Fsp3) is 0.472. The summed E-state index contributed by atoms with van der Waals surface area (Å²) in [6, 6.07) is 6.23. The number of aryl methyl sites for hydroxylation is 1. The molecule has 0 aromatic carbocycles. The van der Waals surface area contributed by atoms with Gasteiger partial charge in [0.15, 0.2) is 0 Å². The van der Waals surface area contributed by atoms with E-state index < -0.39 is 10.0 Å². The molecule has 0 unspecified atom stereocenters. The summed E-state index contributed by atoms with van der Waals surface area (Å²) in [6.45, 7) is 8.66. The van der Waals surface area contributed by atoms with Crippen molar-refractivity contribution in [2.75, 3.05) is 54.3 Å². The summed E-state index contributed by atoms with van der Waals surface area (Å²) in [6.07, 6.45) is 17.8. The van der Waals surface area contributed by atoms with E-state index in [0.29, 0.717) is 48.6 Å². The van der Waals surface area contributed by atoms with Gasteiger partial charge in [-0.2, -0.15) is 0 Å². The molecule has 9 nitrogen and oxygen atoms in total. The van der Waals surface area contributed by atoms with Crippen molar-refractivity contribution in [3.63, 3.8) is 0 Å². The number of hydrogen-bond acceptors (Lipinski definition) is 6. The first-order chi connectivity index (χ1) is 22.1. The van der Waals surface area contributed by atoms with Gasteiger partial charge in [0.05, 0.1) is 42.0 Å². The van der Waals surface area contributed by atoms with Crippen molar-refractivity contribution < 1.29 is 17.2 Å². The zero-order valence-corrected chi connectivity index (χ0v) is 28.6. The molecule has 46 heavy (non-hydrogen) atoms. The van der Waals surface area contributed by atoms with Gasteiger partial charge in [-0.15, -0.1) is 0 Å². The van der Waals surface area contributed by atoms with Crippen LogP contribution in [0.4, 0.5) is 11.4 Å². The van der Waals surface area contributed by atoms with Crippen LogP contribution in [-0.4, -0.2) is 81.0 Å². The SMILES string of the molecule is CCS(C)(C)CCOCn1c(C2=CCC3=C([CH]3)CC2)cc2cc(C(=O)Nc3cc(NC(=O)CN4CCC[C@@H]4C)cnc3C)cnc21.[HH].[HH]. The van der Waals surface area contributed by atoms with Crippen LogP contribution in [0.25, 0.3) is 16.6 Å². The lowest BCUT2D eigenvalue weighted by Gasteiger charge is -2.29. The van der Waals surface area contributed by atoms with Gasteiger partial charge in [0.1, 0.15) is 12.4 Å². The van der Waals surface area contributed by atoms with Gasteiger partial charge in [0.25, 0.3) is 5.91 Å². The van der Waals surface area contributed by atoms with Gasteiger partial charge in [0, 0.05) is 38.3 Å². The molecule has 1 atom stereocenters. The molecule has 0 spiro atoms. The molecule has 10 heteroatoms. The normalized spacial score (nSPS) is 18.7. The molecular formula is C36H51N6O3S. The third-order valence-electron chi connectivity index (χ3n) is 9.67. The maximum atomic E-state index is 13.5. The average Bonchev–Trinajstić information content (AvgIpc) is 3.59. The maximum absolute atomic E-state index is 13.5. The number of likely N-dealkylation sites (tertiary alicyclic amines) is 1. The van der Waals surface area contributed by atoms with Crippen LogP contribution in [0.1, 0.15) is 70.6 Å². The Balaban J connectivity index is 0.00000260. The smallest absolute Gasteiger partial charge is 0.257 e. The minimum absolute atomic E-state index is 0. The number of carbonyl (C=O) groups is 2. The van der Waals surface area contributed by atoms with E-state index in [4.69, 9.17) is 9.72 Å². The Morgan fingerprint density at radius 2 is 1.96 bits per heavy atom. The molecule has 249 valence electrons. The first-order valence-corrected chi connectivity index (χ1v) is 19.2. The predicted octanol–water partition coefficient (Wildman–Crippen LogP) is 7.05. The van der Waals surface area contributed by atoms with Crippen LogP contribution >= 0.6 is 10.0 Å². The number of carbonyl (C=O) groups excluding carboxylic acids is 2. The minimum atomic E-state index is -0.642. The van der Waals surface area contributed by atoms with Crippen molar-refractivity contribution in [3.05, 3.63) is 71.2 Å². The quantitative estimate of drug-likeness (QED) is 0.205. The number of ether oxygens (including phenoxy) is 1. The number of amides is 2. The second-order valence-electron chi connectivity index (χ2n) is 13.3. The Hall–Kier alpha value is -3.47. The number of pyridine rings is 2. The van der Waals surface area contributed by atoms with Crippen molar-refractivity contribution in [2.45, 2.75) is 65.6 Å². The number of anilines is 2. The van der Waals surface area contributed by atoms with E-state index in [1.165, 1.54) is 22.5 Å². The van der Waals surface area contributed by atoms with Crippen LogP contribution in [0.3, 0.4) is 0 Å². The van der Waals surface area contributed by atoms with E-state index in [2.05, 4.69) is 70.0 Å². The molecule has 0 saturated carbocycles.